The van der Waals surface area contributed by atoms with Crippen molar-refractivity contribution in [1.82, 2.24) is 15.2 Å². The maximum absolute atomic E-state index is 16.2. The Morgan fingerprint density at radius 2 is 1.98 bits per heavy atom. The van der Waals surface area contributed by atoms with Crippen molar-refractivity contribution in [3.8, 4) is 0 Å². The lowest BCUT2D eigenvalue weighted by Gasteiger charge is -2.50. The van der Waals surface area contributed by atoms with Crippen LogP contribution in [0.2, 0.25) is 5.02 Å². The van der Waals surface area contributed by atoms with Gasteiger partial charge in [-0.3, -0.25) is 24.9 Å². The maximum Gasteiger partial charge on any atom is 0.328 e. The van der Waals surface area contributed by atoms with Crippen LogP contribution in [0.25, 0.3) is 10.9 Å². The van der Waals surface area contributed by atoms with E-state index in [-0.39, 0.29) is 29.8 Å². The molecule has 2 aromatic carbocycles. The van der Waals surface area contributed by atoms with E-state index in [0.29, 0.717) is 56.4 Å². The molecule has 6 rings (SSSR count). The number of hydrogen-bond donors (Lipinski definition) is 2. The quantitative estimate of drug-likeness (QED) is 0.465. The van der Waals surface area contributed by atoms with Crippen LogP contribution in [0.15, 0.2) is 42.6 Å². The highest BCUT2D eigenvalue weighted by atomic mass is 35.5. The average Bonchev–Trinajstić information content (AvgIpc) is 2.87. The van der Waals surface area contributed by atoms with E-state index in [4.69, 9.17) is 16.3 Å². The second-order valence-electron chi connectivity index (χ2n) is 11.7. The molecule has 0 unspecified atom stereocenters. The number of urea groups is 1. The number of piperidine rings is 1. The smallest absolute Gasteiger partial charge is 0.328 e. The molecule has 0 aliphatic carbocycles. The molecule has 40 heavy (non-hydrogen) atoms. The number of ether oxygens (including phenoxy) is 1. The van der Waals surface area contributed by atoms with Crippen LogP contribution in [0.1, 0.15) is 49.3 Å². The maximum atomic E-state index is 16.2. The number of imide groups is 1. The van der Waals surface area contributed by atoms with Gasteiger partial charge in [0, 0.05) is 59.9 Å². The molecule has 0 bridgehead atoms. The summed E-state index contributed by atoms with van der Waals surface area (Å²) in [6, 6.07) is 10.5. The number of fused-ring (bicyclic) bond motifs is 1. The van der Waals surface area contributed by atoms with Gasteiger partial charge in [0.1, 0.15) is 5.82 Å². The van der Waals surface area contributed by atoms with Gasteiger partial charge in [-0.15, -0.1) is 0 Å². The van der Waals surface area contributed by atoms with Gasteiger partial charge in [0.15, 0.2) is 0 Å². The fraction of sp³-hybridized carbons (Fsp3) is 0.433. The third-order valence-electron chi connectivity index (χ3n) is 8.67. The van der Waals surface area contributed by atoms with Crippen molar-refractivity contribution < 1.29 is 23.8 Å². The summed E-state index contributed by atoms with van der Waals surface area (Å²) in [5.41, 5.74) is 1.15. The van der Waals surface area contributed by atoms with Gasteiger partial charge in [-0.2, -0.15) is 0 Å². The van der Waals surface area contributed by atoms with Crippen molar-refractivity contribution >= 4 is 40.1 Å². The van der Waals surface area contributed by atoms with Crippen molar-refractivity contribution in [2.45, 2.75) is 44.8 Å². The van der Waals surface area contributed by atoms with Gasteiger partial charge in [0.2, 0.25) is 5.91 Å². The Bertz CT molecular complexity index is 1510. The zero-order valence-corrected chi connectivity index (χ0v) is 23.3. The topological polar surface area (TPSA) is 95.0 Å². The number of amides is 3. The van der Waals surface area contributed by atoms with Crippen molar-refractivity contribution in [2.75, 3.05) is 37.7 Å². The molecule has 0 radical (unpaired) electrons. The molecular weight excluding hydrogens is 535 g/mol. The third kappa shape index (κ3) is 4.64. The standard InChI is InChI=1S/C30H32ClFN4O4/c1-29(2)17-35(14-18-3-4-21(24(31)11-18)19-15-40-16-19)10-8-30(29,39)23-5-6-25-22(27(23)32)12-20(13-33-25)36-9-7-26(37)34-28(36)38/h3-6,11-13,19,39H,7-10,14-17H2,1-2H3,(H,34,37,38)/t30-/m0/s1. The average molecular weight is 567 g/mol. The lowest BCUT2D eigenvalue weighted by molar-refractivity contribution is -0.128. The lowest BCUT2D eigenvalue weighted by atomic mass is 9.66. The normalized spacial score (nSPS) is 23.8. The van der Waals surface area contributed by atoms with E-state index in [9.17, 15) is 14.7 Å². The second-order valence-corrected chi connectivity index (χ2v) is 12.1. The molecule has 3 aromatic rings. The van der Waals surface area contributed by atoms with E-state index in [1.165, 1.54) is 11.1 Å². The van der Waals surface area contributed by atoms with Gasteiger partial charge in [-0.05, 0) is 35.7 Å². The molecule has 3 fully saturated rings. The highest BCUT2D eigenvalue weighted by molar-refractivity contribution is 6.31. The number of aliphatic hydroxyl groups is 1. The van der Waals surface area contributed by atoms with Crippen molar-refractivity contribution in [2.24, 2.45) is 5.41 Å². The van der Waals surface area contributed by atoms with Crippen LogP contribution in [-0.4, -0.2) is 59.8 Å². The SMILES string of the molecule is CC1(C)CN(Cc2ccc(C3COC3)c(Cl)c2)CC[C@]1(O)c1ccc2ncc(N3CCC(=O)NC3=O)cc2c1F. The fourth-order valence-corrected chi connectivity index (χ4v) is 6.52. The Morgan fingerprint density at radius 1 is 1.18 bits per heavy atom. The summed E-state index contributed by atoms with van der Waals surface area (Å²) in [5, 5.41) is 15.3. The number of nitrogens with zero attached hydrogens (tertiary/aromatic N) is 3. The first-order valence-corrected chi connectivity index (χ1v) is 13.9. The Labute approximate surface area is 237 Å². The predicted molar refractivity (Wildman–Crippen MR) is 150 cm³/mol. The van der Waals surface area contributed by atoms with E-state index in [2.05, 4.69) is 27.3 Å². The number of carbonyl (C=O) groups is 2. The molecule has 0 saturated carbocycles. The van der Waals surface area contributed by atoms with Crippen LogP contribution >= 0.6 is 11.6 Å². The molecule has 210 valence electrons. The van der Waals surface area contributed by atoms with Gasteiger partial charge in [0.05, 0.1) is 36.2 Å². The summed E-state index contributed by atoms with van der Waals surface area (Å²) < 4.78 is 21.5. The van der Waals surface area contributed by atoms with E-state index in [1.54, 1.807) is 18.2 Å². The van der Waals surface area contributed by atoms with E-state index in [0.717, 1.165) is 16.1 Å². The molecule has 2 N–H and O–H groups in total. The van der Waals surface area contributed by atoms with Gasteiger partial charge in [0.25, 0.3) is 0 Å². The molecular formula is C30H32ClFN4O4. The minimum atomic E-state index is -1.42. The van der Waals surface area contributed by atoms with E-state index < -0.39 is 22.9 Å². The summed E-state index contributed by atoms with van der Waals surface area (Å²) in [4.78, 5) is 31.9. The number of aromatic nitrogens is 1. The summed E-state index contributed by atoms with van der Waals surface area (Å²) in [6.45, 7) is 7.32. The Morgan fingerprint density at radius 3 is 2.65 bits per heavy atom. The number of nitrogens with one attached hydrogen (secondary N) is 1. The van der Waals surface area contributed by atoms with Crippen molar-refractivity contribution in [1.29, 1.82) is 0 Å². The fourth-order valence-electron chi connectivity index (χ4n) is 6.17. The first-order valence-electron chi connectivity index (χ1n) is 13.6. The molecule has 3 amide bonds. The molecule has 10 heteroatoms. The molecule has 4 heterocycles. The van der Waals surface area contributed by atoms with E-state index in [1.807, 2.05) is 19.9 Å². The van der Waals surface area contributed by atoms with Gasteiger partial charge < -0.3 is 9.84 Å². The summed E-state index contributed by atoms with van der Waals surface area (Å²) >= 11 is 6.58. The minimum absolute atomic E-state index is 0.155. The lowest BCUT2D eigenvalue weighted by Crippen LogP contribution is -2.55. The molecule has 3 aliphatic rings. The number of pyridine rings is 1. The highest BCUT2D eigenvalue weighted by Gasteiger charge is 2.50. The number of rotatable bonds is 5. The van der Waals surface area contributed by atoms with Crippen molar-refractivity contribution in [3.05, 3.63) is 70.1 Å². The summed E-state index contributed by atoms with van der Waals surface area (Å²) in [5.74, 6) is -0.537. The Hall–Kier alpha value is -3.11. The van der Waals surface area contributed by atoms with Gasteiger partial charge >= 0.3 is 6.03 Å². The van der Waals surface area contributed by atoms with Crippen LogP contribution in [0, 0.1) is 11.2 Å². The first-order chi connectivity index (χ1) is 19.1. The monoisotopic (exact) mass is 566 g/mol. The number of anilines is 1. The first kappa shape index (κ1) is 27.1. The van der Waals surface area contributed by atoms with E-state index >= 15 is 4.39 Å². The zero-order chi connectivity index (χ0) is 28.2. The Kier molecular flexibility index (Phi) is 6.81. The molecule has 1 atom stereocenters. The molecule has 8 nitrogen and oxygen atoms in total. The third-order valence-corrected chi connectivity index (χ3v) is 9.00. The number of hydrogen-bond acceptors (Lipinski definition) is 6. The summed E-state index contributed by atoms with van der Waals surface area (Å²) in [6.07, 6.45) is 1.99. The zero-order valence-electron chi connectivity index (χ0n) is 22.5. The minimum Gasteiger partial charge on any atom is -0.384 e. The number of carbonyl (C=O) groups excluding carboxylic acids is 2. The van der Waals surface area contributed by atoms with Crippen LogP contribution in [0.3, 0.4) is 0 Å². The molecule has 3 saturated heterocycles. The van der Waals surface area contributed by atoms with Crippen LogP contribution in [-0.2, 0) is 21.7 Å². The van der Waals surface area contributed by atoms with Crippen LogP contribution in [0.4, 0.5) is 14.9 Å². The Balaban J connectivity index is 1.24. The number of halogens is 2. The molecule has 1 aromatic heterocycles. The van der Waals surface area contributed by atoms with Gasteiger partial charge in [-0.25, -0.2) is 9.18 Å². The number of likely N-dealkylation sites (tertiary alicyclic amines) is 1. The van der Waals surface area contributed by atoms with Gasteiger partial charge in [-0.1, -0.05) is 43.6 Å². The van der Waals surface area contributed by atoms with Crippen LogP contribution in [0.5, 0.6) is 0 Å². The summed E-state index contributed by atoms with van der Waals surface area (Å²) in [7, 11) is 0. The predicted octanol–water partition coefficient (Wildman–Crippen LogP) is 4.71. The van der Waals surface area contributed by atoms with Crippen LogP contribution < -0.4 is 10.2 Å². The highest BCUT2D eigenvalue weighted by Crippen LogP contribution is 2.48. The second kappa shape index (κ2) is 10.1. The largest absolute Gasteiger partial charge is 0.384 e. The molecule has 3 aliphatic heterocycles. The molecule has 0 spiro atoms. The number of benzene rings is 2. The van der Waals surface area contributed by atoms with Crippen molar-refractivity contribution in [3.63, 3.8) is 0 Å².